The van der Waals surface area contributed by atoms with Gasteiger partial charge in [-0.2, -0.15) is 0 Å². The molecule has 2 aromatic heterocycles. The van der Waals surface area contributed by atoms with Crippen LogP contribution in [0.15, 0.2) is 37.1 Å². The van der Waals surface area contributed by atoms with E-state index in [1.165, 1.54) is 0 Å². The molecule has 19 heavy (non-hydrogen) atoms. The molecule has 2 heterocycles. The zero-order chi connectivity index (χ0) is 13.5. The van der Waals surface area contributed by atoms with Crippen molar-refractivity contribution in [1.82, 2.24) is 14.5 Å². The largest absolute Gasteiger partial charge is 0.325 e. The molecule has 2 aromatic rings. The molecule has 0 aliphatic carbocycles. The molecule has 0 saturated heterocycles. The number of nitrogens with one attached hydrogen (secondary N) is 1. The smallest absolute Gasteiger partial charge is 0.224 e. The van der Waals surface area contributed by atoms with Crippen LogP contribution in [0.3, 0.4) is 0 Å². The summed E-state index contributed by atoms with van der Waals surface area (Å²) in [6, 6.07) is 3.70. The maximum absolute atomic E-state index is 11.6. The van der Waals surface area contributed by atoms with Crippen LogP contribution in [0.4, 0.5) is 5.69 Å². The van der Waals surface area contributed by atoms with Gasteiger partial charge in [-0.1, -0.05) is 19.8 Å². The average molecular weight is 258 g/mol. The summed E-state index contributed by atoms with van der Waals surface area (Å²) in [6.45, 7) is 2.12. The number of carbonyl (C=O) groups excluding carboxylic acids is 1. The number of hydrogen-bond acceptors (Lipinski definition) is 3. The molecule has 0 unspecified atom stereocenters. The third-order valence-electron chi connectivity index (χ3n) is 2.81. The van der Waals surface area contributed by atoms with Gasteiger partial charge in [0.15, 0.2) is 0 Å². The van der Waals surface area contributed by atoms with Crippen molar-refractivity contribution in [3.05, 3.63) is 37.1 Å². The normalized spacial score (nSPS) is 10.4. The first kappa shape index (κ1) is 13.3. The van der Waals surface area contributed by atoms with Gasteiger partial charge in [0.05, 0.1) is 11.9 Å². The van der Waals surface area contributed by atoms with Crippen molar-refractivity contribution in [2.24, 2.45) is 0 Å². The van der Waals surface area contributed by atoms with E-state index in [-0.39, 0.29) is 5.91 Å². The lowest BCUT2D eigenvalue weighted by Crippen LogP contribution is -2.11. The maximum Gasteiger partial charge on any atom is 0.224 e. The molecular formula is C14H18N4O. The number of imidazole rings is 1. The second kappa shape index (κ2) is 6.68. The van der Waals surface area contributed by atoms with Gasteiger partial charge < -0.3 is 5.32 Å². The zero-order valence-corrected chi connectivity index (χ0v) is 11.0. The molecule has 0 saturated carbocycles. The van der Waals surface area contributed by atoms with E-state index in [4.69, 9.17) is 0 Å². The predicted octanol–water partition coefficient (Wildman–Crippen LogP) is 2.79. The van der Waals surface area contributed by atoms with Gasteiger partial charge in [-0.15, -0.1) is 0 Å². The lowest BCUT2D eigenvalue weighted by molar-refractivity contribution is -0.116. The van der Waals surface area contributed by atoms with Crippen molar-refractivity contribution < 1.29 is 4.79 Å². The highest BCUT2D eigenvalue weighted by molar-refractivity contribution is 5.90. The lowest BCUT2D eigenvalue weighted by Gasteiger charge is -2.06. The van der Waals surface area contributed by atoms with Crippen molar-refractivity contribution in [1.29, 1.82) is 0 Å². The van der Waals surface area contributed by atoms with Crippen molar-refractivity contribution >= 4 is 11.6 Å². The predicted molar refractivity (Wildman–Crippen MR) is 74.1 cm³/mol. The van der Waals surface area contributed by atoms with Gasteiger partial charge >= 0.3 is 0 Å². The quantitative estimate of drug-likeness (QED) is 0.810. The third kappa shape index (κ3) is 3.91. The zero-order valence-electron chi connectivity index (χ0n) is 11.0. The Bertz CT molecular complexity index is 505. The van der Waals surface area contributed by atoms with Crippen LogP contribution >= 0.6 is 0 Å². The molecule has 5 nitrogen and oxygen atoms in total. The Kier molecular flexibility index (Phi) is 4.66. The van der Waals surface area contributed by atoms with Crippen LogP contribution in [-0.2, 0) is 4.79 Å². The van der Waals surface area contributed by atoms with E-state index in [0.717, 1.165) is 30.8 Å². The van der Waals surface area contributed by atoms with E-state index < -0.39 is 0 Å². The van der Waals surface area contributed by atoms with Crippen LogP contribution < -0.4 is 5.32 Å². The number of hydrogen-bond donors (Lipinski definition) is 1. The third-order valence-corrected chi connectivity index (χ3v) is 2.81. The first-order valence-corrected chi connectivity index (χ1v) is 6.54. The second-order valence-electron chi connectivity index (χ2n) is 4.38. The monoisotopic (exact) mass is 258 g/mol. The van der Waals surface area contributed by atoms with E-state index in [1.54, 1.807) is 18.7 Å². The first-order chi connectivity index (χ1) is 9.29. The fourth-order valence-electron chi connectivity index (χ4n) is 1.77. The molecule has 1 amide bonds. The van der Waals surface area contributed by atoms with Crippen molar-refractivity contribution in [3.8, 4) is 5.82 Å². The number of amides is 1. The summed E-state index contributed by atoms with van der Waals surface area (Å²) in [5, 5.41) is 2.85. The minimum Gasteiger partial charge on any atom is -0.325 e. The highest BCUT2D eigenvalue weighted by atomic mass is 16.1. The van der Waals surface area contributed by atoms with E-state index >= 15 is 0 Å². The summed E-state index contributed by atoms with van der Waals surface area (Å²) in [7, 11) is 0. The number of carbonyl (C=O) groups is 1. The number of pyridine rings is 1. The molecule has 2 rings (SSSR count). The summed E-state index contributed by atoms with van der Waals surface area (Å²) >= 11 is 0. The highest BCUT2D eigenvalue weighted by Gasteiger charge is 2.03. The number of anilines is 1. The Labute approximate surface area is 112 Å². The standard InChI is InChI=1S/C14H18N4O/c1-2-3-4-5-14(19)17-12-6-7-13(16-10-12)18-9-8-15-11-18/h6-11H,2-5H2,1H3,(H,17,19). The summed E-state index contributed by atoms with van der Waals surface area (Å²) < 4.78 is 1.81. The van der Waals surface area contributed by atoms with E-state index in [0.29, 0.717) is 6.42 Å². The van der Waals surface area contributed by atoms with E-state index in [9.17, 15) is 4.79 Å². The van der Waals surface area contributed by atoms with Gasteiger partial charge in [0, 0.05) is 18.8 Å². The molecule has 0 atom stereocenters. The van der Waals surface area contributed by atoms with Gasteiger partial charge in [0.2, 0.25) is 5.91 Å². The Balaban J connectivity index is 1.90. The minimum absolute atomic E-state index is 0.0469. The highest BCUT2D eigenvalue weighted by Crippen LogP contribution is 2.10. The maximum atomic E-state index is 11.6. The summed E-state index contributed by atoms with van der Waals surface area (Å²) in [6.07, 6.45) is 10.6. The molecule has 1 N–H and O–H groups in total. The Hall–Kier alpha value is -2.17. The van der Waals surface area contributed by atoms with Gasteiger partial charge in [0.1, 0.15) is 12.1 Å². The summed E-state index contributed by atoms with van der Waals surface area (Å²) in [5.41, 5.74) is 0.727. The van der Waals surface area contributed by atoms with E-state index in [1.807, 2.05) is 22.9 Å². The van der Waals surface area contributed by atoms with Crippen LogP contribution in [-0.4, -0.2) is 20.4 Å². The van der Waals surface area contributed by atoms with Gasteiger partial charge in [0.25, 0.3) is 0 Å². The van der Waals surface area contributed by atoms with Crippen molar-refractivity contribution in [3.63, 3.8) is 0 Å². The molecule has 0 aliphatic rings. The van der Waals surface area contributed by atoms with Gasteiger partial charge in [-0.3, -0.25) is 9.36 Å². The van der Waals surface area contributed by atoms with Crippen LogP contribution in [0, 0.1) is 0 Å². The lowest BCUT2D eigenvalue weighted by atomic mass is 10.2. The molecule has 0 aliphatic heterocycles. The Morgan fingerprint density at radius 2 is 2.26 bits per heavy atom. The van der Waals surface area contributed by atoms with Crippen molar-refractivity contribution in [2.75, 3.05) is 5.32 Å². The number of aromatic nitrogens is 3. The molecule has 0 spiro atoms. The summed E-state index contributed by atoms with van der Waals surface area (Å²) in [4.78, 5) is 19.9. The second-order valence-corrected chi connectivity index (χ2v) is 4.38. The van der Waals surface area contributed by atoms with E-state index in [2.05, 4.69) is 22.2 Å². The molecule has 0 aromatic carbocycles. The Morgan fingerprint density at radius 3 is 2.89 bits per heavy atom. The van der Waals surface area contributed by atoms with Crippen LogP contribution in [0.2, 0.25) is 0 Å². The van der Waals surface area contributed by atoms with Crippen molar-refractivity contribution in [2.45, 2.75) is 32.6 Å². The number of nitrogens with zero attached hydrogens (tertiary/aromatic N) is 3. The van der Waals surface area contributed by atoms with Gasteiger partial charge in [-0.25, -0.2) is 9.97 Å². The average Bonchev–Trinajstić information content (AvgIpc) is 2.94. The van der Waals surface area contributed by atoms with Crippen LogP contribution in [0.5, 0.6) is 0 Å². The summed E-state index contributed by atoms with van der Waals surface area (Å²) in [5.74, 6) is 0.826. The number of unbranched alkanes of at least 4 members (excludes halogenated alkanes) is 2. The number of rotatable bonds is 6. The molecule has 0 fully saturated rings. The topological polar surface area (TPSA) is 59.8 Å². The fourth-order valence-corrected chi connectivity index (χ4v) is 1.77. The molecule has 100 valence electrons. The first-order valence-electron chi connectivity index (χ1n) is 6.54. The minimum atomic E-state index is 0.0469. The Morgan fingerprint density at radius 1 is 1.37 bits per heavy atom. The van der Waals surface area contributed by atoms with Crippen LogP contribution in [0.1, 0.15) is 32.6 Å². The SMILES string of the molecule is CCCCCC(=O)Nc1ccc(-n2ccnc2)nc1. The fraction of sp³-hybridized carbons (Fsp3) is 0.357. The van der Waals surface area contributed by atoms with Crippen LogP contribution in [0.25, 0.3) is 5.82 Å². The van der Waals surface area contributed by atoms with Gasteiger partial charge in [-0.05, 0) is 18.6 Å². The molecule has 0 bridgehead atoms. The molecule has 5 heteroatoms. The molecular weight excluding hydrogens is 240 g/mol. The molecule has 0 radical (unpaired) electrons.